The molecule has 6 heteroatoms. The number of aromatic amines is 1. The predicted molar refractivity (Wildman–Crippen MR) is 157 cm³/mol. The lowest BCUT2D eigenvalue weighted by atomic mass is 9.73. The van der Waals surface area contributed by atoms with Crippen molar-refractivity contribution < 1.29 is 9.90 Å². The number of hydrogen-bond acceptors (Lipinski definition) is 4. The van der Waals surface area contributed by atoms with E-state index in [0.29, 0.717) is 6.42 Å². The van der Waals surface area contributed by atoms with Crippen molar-refractivity contribution >= 4 is 29.0 Å². The van der Waals surface area contributed by atoms with Gasteiger partial charge in [0.25, 0.3) is 0 Å². The lowest BCUT2D eigenvalue weighted by Crippen LogP contribution is -2.43. The number of allylic oxidation sites excluding steroid dienone is 5. The number of carbonyl (C=O) groups is 1. The van der Waals surface area contributed by atoms with Crippen LogP contribution in [0.2, 0.25) is 0 Å². The average molecular weight is 517 g/mol. The van der Waals surface area contributed by atoms with Crippen molar-refractivity contribution in [1.29, 1.82) is 0 Å². The fourth-order valence-corrected chi connectivity index (χ4v) is 6.23. The standard InChI is InChI=1S/C33H32N4O2/c1-5-24-19(3)27-16-22-12-14-25(34-22)31(21-10-8-7-9-11-21)26-15-13-23(35-26)17-28-20(4)33(6-2,32(38)39)30(37-28)18-29(24)36-27/h7-18,30,34,37H,5-6H2,1-4H3,(H,38,39)/b22-16-,23-17-,29-18-,31-25-. The van der Waals surface area contributed by atoms with Gasteiger partial charge in [0.2, 0.25) is 0 Å². The first-order chi connectivity index (χ1) is 18.8. The number of aliphatic carboxylic acids is 1. The second-order valence-corrected chi connectivity index (χ2v) is 10.4. The Morgan fingerprint density at radius 2 is 1.79 bits per heavy atom. The Morgan fingerprint density at radius 3 is 2.51 bits per heavy atom. The van der Waals surface area contributed by atoms with Crippen molar-refractivity contribution in [2.24, 2.45) is 15.4 Å². The maximum Gasteiger partial charge on any atom is 0.316 e. The number of nitrogens with zero attached hydrogens (tertiary/aromatic N) is 2. The number of nitrogens with one attached hydrogen (secondary N) is 2. The van der Waals surface area contributed by atoms with Crippen LogP contribution in [0.4, 0.5) is 0 Å². The van der Waals surface area contributed by atoms with Crippen LogP contribution in [0.3, 0.4) is 0 Å². The zero-order valence-electron chi connectivity index (χ0n) is 22.7. The molecule has 39 heavy (non-hydrogen) atoms. The van der Waals surface area contributed by atoms with Gasteiger partial charge in [-0.2, -0.15) is 0 Å². The second-order valence-electron chi connectivity index (χ2n) is 10.4. The number of carboxylic acids is 1. The fourth-order valence-electron chi connectivity index (χ4n) is 6.23. The van der Waals surface area contributed by atoms with E-state index >= 15 is 0 Å². The number of H-pyrrole nitrogens is 1. The van der Waals surface area contributed by atoms with E-state index in [4.69, 9.17) is 9.98 Å². The van der Waals surface area contributed by atoms with Crippen LogP contribution in [0.15, 0.2) is 111 Å². The molecule has 0 aliphatic carbocycles. The Balaban J connectivity index is 1.66. The topological polar surface area (TPSA) is 89.8 Å². The monoisotopic (exact) mass is 516 g/mol. The van der Waals surface area contributed by atoms with E-state index in [1.165, 1.54) is 0 Å². The first-order valence-electron chi connectivity index (χ1n) is 13.5. The normalized spacial score (nSPS) is 28.7. The Hall–Kier alpha value is -4.45. The van der Waals surface area contributed by atoms with Gasteiger partial charge in [-0.3, -0.25) is 4.79 Å². The van der Waals surface area contributed by atoms with Crippen LogP contribution >= 0.6 is 0 Å². The Morgan fingerprint density at radius 1 is 1.00 bits per heavy atom. The molecule has 0 fully saturated rings. The van der Waals surface area contributed by atoms with Crippen molar-refractivity contribution in [3.63, 3.8) is 0 Å². The van der Waals surface area contributed by atoms with Crippen LogP contribution in [0.1, 0.15) is 46.1 Å². The summed E-state index contributed by atoms with van der Waals surface area (Å²) in [6, 6.07) is 14.0. The highest BCUT2D eigenvalue weighted by Gasteiger charge is 2.50. The number of hydrogen-bond donors (Lipinski definition) is 3. The second kappa shape index (κ2) is 9.38. The van der Waals surface area contributed by atoms with Crippen LogP contribution in [-0.4, -0.2) is 33.5 Å². The quantitative estimate of drug-likeness (QED) is 0.551. The predicted octanol–water partition coefficient (Wildman–Crippen LogP) is 4.69. The SMILES string of the molecule is CCC1=C(C)C2=NC/1=C\C1NC(=C(C)C1(CC)C(=O)O)/C=C1/C=CC(=N1)/C(c1ccccc1)=c1/cc/c([nH]1)=C/2. The molecule has 0 radical (unpaired) electrons. The first-order valence-corrected chi connectivity index (χ1v) is 13.5. The first kappa shape index (κ1) is 24.9. The number of rotatable bonds is 4. The number of aromatic nitrogens is 1. The largest absolute Gasteiger partial charge is 0.481 e. The van der Waals surface area contributed by atoms with Gasteiger partial charge in [0, 0.05) is 22.0 Å². The minimum Gasteiger partial charge on any atom is -0.481 e. The van der Waals surface area contributed by atoms with E-state index < -0.39 is 17.4 Å². The molecular formula is C33H32N4O2. The number of aliphatic imine (C=N–C) groups is 2. The van der Waals surface area contributed by atoms with Gasteiger partial charge in [0.15, 0.2) is 0 Å². The summed E-state index contributed by atoms with van der Waals surface area (Å²) < 4.78 is 0. The van der Waals surface area contributed by atoms with E-state index in [-0.39, 0.29) is 0 Å². The number of carboxylic acid groups (broad SMARTS) is 1. The Labute approximate surface area is 228 Å². The van der Waals surface area contributed by atoms with E-state index in [1.807, 2.05) is 56.4 Å². The third-order valence-electron chi connectivity index (χ3n) is 8.46. The van der Waals surface area contributed by atoms with Crippen molar-refractivity contribution in [1.82, 2.24) is 10.3 Å². The summed E-state index contributed by atoms with van der Waals surface area (Å²) >= 11 is 0. The zero-order chi connectivity index (χ0) is 27.3. The van der Waals surface area contributed by atoms with Gasteiger partial charge >= 0.3 is 5.97 Å². The van der Waals surface area contributed by atoms with Crippen molar-refractivity contribution in [3.05, 3.63) is 117 Å². The molecule has 0 amide bonds. The van der Waals surface area contributed by atoms with E-state index in [1.54, 1.807) is 0 Å². The van der Waals surface area contributed by atoms with E-state index in [2.05, 4.69) is 54.5 Å². The maximum atomic E-state index is 12.9. The summed E-state index contributed by atoms with van der Waals surface area (Å²) in [6.45, 7) is 8.08. The minimum atomic E-state index is -1.08. The van der Waals surface area contributed by atoms with Crippen LogP contribution < -0.4 is 16.0 Å². The van der Waals surface area contributed by atoms with Crippen molar-refractivity contribution in [2.45, 2.75) is 46.6 Å². The summed E-state index contributed by atoms with van der Waals surface area (Å²) in [7, 11) is 0. The summed E-state index contributed by atoms with van der Waals surface area (Å²) in [4.78, 5) is 26.5. The van der Waals surface area contributed by atoms with Gasteiger partial charge in [0.1, 0.15) is 5.41 Å². The van der Waals surface area contributed by atoms with Crippen LogP contribution in [0, 0.1) is 5.41 Å². The highest BCUT2D eigenvalue weighted by atomic mass is 16.4. The Bertz CT molecular complexity index is 1740. The van der Waals surface area contributed by atoms with Gasteiger partial charge in [-0.1, -0.05) is 44.2 Å². The molecule has 3 N–H and O–H groups in total. The van der Waals surface area contributed by atoms with Crippen LogP contribution in [-0.2, 0) is 4.79 Å². The summed E-state index contributed by atoms with van der Waals surface area (Å²) in [6.07, 6.45) is 11.3. The van der Waals surface area contributed by atoms with E-state index in [0.717, 1.165) is 73.5 Å². The fraction of sp³-hybridized carbons (Fsp3) is 0.242. The molecule has 6 nitrogen and oxygen atoms in total. The van der Waals surface area contributed by atoms with Crippen molar-refractivity contribution in [2.75, 3.05) is 0 Å². The molecule has 0 spiro atoms. The highest BCUT2D eigenvalue weighted by molar-refractivity contribution is 6.30. The van der Waals surface area contributed by atoms with E-state index in [9.17, 15) is 9.90 Å². The molecule has 196 valence electrons. The molecule has 2 unspecified atom stereocenters. The zero-order valence-corrected chi connectivity index (χ0v) is 22.7. The summed E-state index contributed by atoms with van der Waals surface area (Å²) in [5, 5.41) is 16.0. The summed E-state index contributed by atoms with van der Waals surface area (Å²) in [5.41, 5.74) is 8.22. The molecule has 1 aromatic carbocycles. The number of fused-ring (bicyclic) bond motifs is 6. The maximum absolute atomic E-state index is 12.9. The lowest BCUT2D eigenvalue weighted by molar-refractivity contribution is -0.147. The molecule has 2 aromatic rings. The van der Waals surface area contributed by atoms with Gasteiger partial charge in [-0.15, -0.1) is 0 Å². The molecule has 2 atom stereocenters. The van der Waals surface area contributed by atoms with Gasteiger partial charge < -0.3 is 15.4 Å². The molecule has 4 aliphatic rings. The molecule has 5 heterocycles. The lowest BCUT2D eigenvalue weighted by Gasteiger charge is -2.30. The van der Waals surface area contributed by atoms with Gasteiger partial charge in [-0.05, 0) is 91.5 Å². The van der Waals surface area contributed by atoms with Gasteiger partial charge in [-0.25, -0.2) is 9.98 Å². The third-order valence-corrected chi connectivity index (χ3v) is 8.46. The molecule has 0 saturated carbocycles. The average Bonchev–Trinajstić information content (AvgIpc) is 3.69. The molecule has 8 bridgehead atoms. The Kier molecular flexibility index (Phi) is 5.98. The highest BCUT2D eigenvalue weighted by Crippen LogP contribution is 2.44. The third kappa shape index (κ3) is 3.90. The summed E-state index contributed by atoms with van der Waals surface area (Å²) in [5.74, 6) is -0.833. The van der Waals surface area contributed by atoms with Crippen LogP contribution in [0.5, 0.6) is 0 Å². The minimum absolute atomic E-state index is 0.440. The van der Waals surface area contributed by atoms with Crippen LogP contribution in [0.25, 0.3) is 11.6 Å². The molecular weight excluding hydrogens is 484 g/mol. The molecule has 4 aliphatic heterocycles. The van der Waals surface area contributed by atoms with Crippen molar-refractivity contribution in [3.8, 4) is 0 Å². The number of benzene rings is 1. The molecule has 1 aromatic heterocycles. The molecule has 6 rings (SSSR count). The van der Waals surface area contributed by atoms with Gasteiger partial charge in [0.05, 0.1) is 28.9 Å². The molecule has 0 saturated heterocycles. The smallest absolute Gasteiger partial charge is 0.316 e.